The van der Waals surface area contributed by atoms with E-state index in [9.17, 15) is 14.4 Å². The molecule has 2 aromatic heterocycles. The third kappa shape index (κ3) is 5.17. The smallest absolute Gasteiger partial charge is 0.271 e. The monoisotopic (exact) mass is 611 g/mol. The van der Waals surface area contributed by atoms with Crippen LogP contribution in [0.4, 0.5) is 0 Å². The second kappa shape index (κ2) is 12.3. The summed E-state index contributed by atoms with van der Waals surface area (Å²) >= 11 is 1.30. The van der Waals surface area contributed by atoms with Crippen molar-refractivity contribution in [1.82, 2.24) is 18.9 Å². The Balaban J connectivity index is 1.51. The number of methoxy groups -OCH3 is 1. The number of allylic oxidation sites excluding steroid dienone is 1. The second-order valence-corrected chi connectivity index (χ2v) is 12.1. The highest BCUT2D eigenvalue weighted by molar-refractivity contribution is 7.07. The summed E-state index contributed by atoms with van der Waals surface area (Å²) in [7, 11) is 1.59. The number of hydrogen-bond acceptors (Lipinski definition) is 6. The summed E-state index contributed by atoms with van der Waals surface area (Å²) in [5.74, 6) is 0.552. The van der Waals surface area contributed by atoms with Crippen molar-refractivity contribution in [2.45, 2.75) is 46.2 Å². The van der Waals surface area contributed by atoms with Gasteiger partial charge in [-0.15, -0.1) is 0 Å². The Morgan fingerprint density at radius 2 is 1.77 bits per heavy atom. The molecule has 2 aliphatic heterocycles. The molecule has 0 unspecified atom stereocenters. The maximum Gasteiger partial charge on any atom is 0.271 e. The van der Waals surface area contributed by atoms with Crippen LogP contribution in [0.25, 0.3) is 17.0 Å². The molecule has 1 fully saturated rings. The van der Waals surface area contributed by atoms with Crippen LogP contribution in [0.1, 0.15) is 50.8 Å². The SMILES string of the molecule is CCN(CC)C(=O)C1=C(C)N=c2s/c(=C\c3cn(CC(=O)N4CCCC4)c4ccccc34)c(=O)n2[C@H]1c1ccccc1OC. The lowest BCUT2D eigenvalue weighted by Gasteiger charge is -2.29. The lowest BCUT2D eigenvalue weighted by Crippen LogP contribution is -2.43. The lowest BCUT2D eigenvalue weighted by molar-refractivity contribution is -0.130. The number of nitrogens with zero attached hydrogens (tertiary/aromatic N) is 5. The van der Waals surface area contributed by atoms with Crippen LogP contribution in [0, 0.1) is 0 Å². The minimum Gasteiger partial charge on any atom is -0.496 e. The molecule has 0 bridgehead atoms. The van der Waals surface area contributed by atoms with Crippen molar-refractivity contribution in [2.75, 3.05) is 33.3 Å². The molecule has 0 spiro atoms. The number of hydrogen-bond donors (Lipinski definition) is 0. The Bertz CT molecular complexity index is 1960. The minimum absolute atomic E-state index is 0.104. The topological polar surface area (TPSA) is 89.1 Å². The minimum atomic E-state index is -0.697. The number of para-hydroxylation sites is 2. The van der Waals surface area contributed by atoms with E-state index in [1.165, 1.54) is 11.3 Å². The van der Waals surface area contributed by atoms with Gasteiger partial charge in [-0.25, -0.2) is 4.99 Å². The molecule has 2 amide bonds. The Kier molecular flexibility index (Phi) is 8.27. The molecular weight excluding hydrogens is 574 g/mol. The van der Waals surface area contributed by atoms with E-state index in [-0.39, 0.29) is 23.9 Å². The summed E-state index contributed by atoms with van der Waals surface area (Å²) < 4.78 is 9.83. The molecule has 0 N–H and O–H groups in total. The molecule has 0 radical (unpaired) electrons. The maximum absolute atomic E-state index is 14.3. The van der Waals surface area contributed by atoms with Crippen LogP contribution >= 0.6 is 11.3 Å². The van der Waals surface area contributed by atoms with Crippen LogP contribution in [-0.2, 0) is 16.1 Å². The number of likely N-dealkylation sites (tertiary alicyclic amines) is 1. The van der Waals surface area contributed by atoms with Crippen LogP contribution in [0.5, 0.6) is 5.75 Å². The van der Waals surface area contributed by atoms with Crippen molar-refractivity contribution in [3.8, 4) is 5.75 Å². The van der Waals surface area contributed by atoms with Crippen molar-refractivity contribution >= 4 is 40.1 Å². The van der Waals surface area contributed by atoms with Crippen molar-refractivity contribution in [3.05, 3.63) is 96.8 Å². The number of ether oxygens (including phenoxy) is 1. The summed E-state index contributed by atoms with van der Waals surface area (Å²) in [4.78, 5) is 50.3. The standard InChI is InChI=1S/C34H37N5O4S/c1-5-36(6-2)33(42)30-22(3)35-34-39(31(30)25-14-8-10-16-27(25)43-4)32(41)28(44-34)19-23-20-38(26-15-9-7-13-24(23)26)21-29(40)37-17-11-12-18-37/h7-10,13-16,19-20,31H,5-6,11-12,17-18,21H2,1-4H3/b28-19-/t31-/m0/s1. The van der Waals surface area contributed by atoms with Gasteiger partial charge in [0.25, 0.3) is 11.5 Å². The average Bonchev–Trinajstić information content (AvgIpc) is 3.76. The predicted octanol–water partition coefficient (Wildman–Crippen LogP) is 3.69. The maximum atomic E-state index is 14.3. The van der Waals surface area contributed by atoms with Crippen LogP contribution in [0.2, 0.25) is 0 Å². The Morgan fingerprint density at radius 3 is 2.50 bits per heavy atom. The number of likely N-dealkylation sites (N-methyl/N-ethyl adjacent to an activating group) is 1. The second-order valence-electron chi connectivity index (χ2n) is 11.1. The zero-order valence-corrected chi connectivity index (χ0v) is 26.4. The fourth-order valence-electron chi connectivity index (χ4n) is 6.34. The largest absolute Gasteiger partial charge is 0.496 e. The number of carbonyl (C=O) groups is 2. The molecule has 0 saturated carbocycles. The number of fused-ring (bicyclic) bond motifs is 2. The molecule has 44 heavy (non-hydrogen) atoms. The lowest BCUT2D eigenvalue weighted by atomic mass is 9.94. The molecule has 4 heterocycles. The summed E-state index contributed by atoms with van der Waals surface area (Å²) in [6.45, 7) is 8.66. The van der Waals surface area contributed by atoms with E-state index in [0.29, 0.717) is 39.4 Å². The first-order valence-electron chi connectivity index (χ1n) is 15.2. The van der Waals surface area contributed by atoms with Gasteiger partial charge < -0.3 is 19.1 Å². The first-order valence-corrected chi connectivity index (χ1v) is 16.0. The van der Waals surface area contributed by atoms with E-state index in [0.717, 1.165) is 48.0 Å². The highest BCUT2D eigenvalue weighted by Crippen LogP contribution is 2.36. The van der Waals surface area contributed by atoms with E-state index < -0.39 is 6.04 Å². The van der Waals surface area contributed by atoms with Crippen LogP contribution in [-0.4, -0.2) is 64.0 Å². The number of carbonyl (C=O) groups excluding carboxylic acids is 2. The normalized spacial score (nSPS) is 16.8. The molecule has 2 aliphatic rings. The zero-order valence-electron chi connectivity index (χ0n) is 25.6. The van der Waals surface area contributed by atoms with Gasteiger partial charge in [-0.3, -0.25) is 19.0 Å². The van der Waals surface area contributed by atoms with Gasteiger partial charge in [-0.1, -0.05) is 47.7 Å². The fourth-order valence-corrected chi connectivity index (χ4v) is 7.37. The number of rotatable bonds is 8. The molecule has 1 atom stereocenters. The molecule has 4 aromatic rings. The first-order chi connectivity index (χ1) is 21.4. The van der Waals surface area contributed by atoms with E-state index in [4.69, 9.17) is 9.73 Å². The number of thiazole rings is 1. The molecule has 0 aliphatic carbocycles. The predicted molar refractivity (Wildman–Crippen MR) is 172 cm³/mol. The summed E-state index contributed by atoms with van der Waals surface area (Å²) in [6.07, 6.45) is 5.92. The van der Waals surface area contributed by atoms with Crippen molar-refractivity contribution in [1.29, 1.82) is 0 Å². The van der Waals surface area contributed by atoms with Crippen LogP contribution in [0.3, 0.4) is 0 Å². The van der Waals surface area contributed by atoms with Gasteiger partial charge in [0.05, 0.1) is 22.9 Å². The van der Waals surface area contributed by atoms with Crippen LogP contribution < -0.4 is 19.6 Å². The van der Waals surface area contributed by atoms with Crippen molar-refractivity contribution in [3.63, 3.8) is 0 Å². The molecule has 10 heteroatoms. The van der Waals surface area contributed by atoms with Gasteiger partial charge in [-0.05, 0) is 51.8 Å². The van der Waals surface area contributed by atoms with Gasteiger partial charge in [-0.2, -0.15) is 0 Å². The number of amides is 2. The van der Waals surface area contributed by atoms with E-state index in [1.807, 2.05) is 91.0 Å². The third-order valence-electron chi connectivity index (χ3n) is 8.61. The molecular formula is C34H37N5O4S. The van der Waals surface area contributed by atoms with Gasteiger partial charge in [0.2, 0.25) is 5.91 Å². The Hall–Kier alpha value is -4.44. The summed E-state index contributed by atoms with van der Waals surface area (Å²) in [5, 5.41) is 0.961. The molecule has 1 saturated heterocycles. The van der Waals surface area contributed by atoms with Crippen molar-refractivity contribution < 1.29 is 14.3 Å². The highest BCUT2D eigenvalue weighted by atomic mass is 32.1. The Labute approximate surface area is 260 Å². The fraction of sp³-hybridized carbons (Fsp3) is 0.353. The average molecular weight is 612 g/mol. The van der Waals surface area contributed by atoms with Gasteiger partial charge in [0.1, 0.15) is 18.3 Å². The van der Waals surface area contributed by atoms with Gasteiger partial charge >= 0.3 is 0 Å². The van der Waals surface area contributed by atoms with Crippen molar-refractivity contribution in [2.24, 2.45) is 4.99 Å². The molecule has 9 nitrogen and oxygen atoms in total. The quantitative estimate of drug-likeness (QED) is 0.304. The molecule has 2 aromatic carbocycles. The van der Waals surface area contributed by atoms with E-state index in [1.54, 1.807) is 16.6 Å². The van der Waals surface area contributed by atoms with Gasteiger partial charge in [0.15, 0.2) is 4.80 Å². The zero-order chi connectivity index (χ0) is 31.0. The summed E-state index contributed by atoms with van der Waals surface area (Å²) in [5.41, 5.74) is 3.34. The van der Waals surface area contributed by atoms with E-state index in [2.05, 4.69) is 0 Å². The Morgan fingerprint density at radius 1 is 1.07 bits per heavy atom. The third-order valence-corrected chi connectivity index (χ3v) is 9.59. The highest BCUT2D eigenvalue weighted by Gasteiger charge is 2.35. The first kappa shape index (κ1) is 29.6. The number of benzene rings is 2. The summed E-state index contributed by atoms with van der Waals surface area (Å²) in [6, 6.07) is 14.7. The van der Waals surface area contributed by atoms with E-state index >= 15 is 0 Å². The number of aromatic nitrogens is 2. The van der Waals surface area contributed by atoms with Gasteiger partial charge in [0, 0.05) is 54.4 Å². The molecule has 228 valence electrons. The molecule has 6 rings (SSSR count). The van der Waals surface area contributed by atoms with Crippen LogP contribution in [0.15, 0.2) is 75.8 Å².